The molecule has 0 unspecified atom stereocenters. The van der Waals surface area contributed by atoms with Crippen LogP contribution in [-0.2, 0) is 0 Å². The standard InChI is InChI=1S/C17H16BrN3/c1-2-19-16-4-3-5-17(21-16)20-15-9-7-12-10-14(18)8-6-13(12)11-15/h3-11H,2H2,1H3,(H2,19,20,21). The van der Waals surface area contributed by atoms with E-state index in [-0.39, 0.29) is 0 Å². The minimum Gasteiger partial charge on any atom is -0.370 e. The summed E-state index contributed by atoms with van der Waals surface area (Å²) in [5, 5.41) is 8.97. The third-order valence-corrected chi connectivity index (χ3v) is 3.67. The summed E-state index contributed by atoms with van der Waals surface area (Å²) in [6.45, 7) is 2.92. The van der Waals surface area contributed by atoms with E-state index in [4.69, 9.17) is 0 Å². The molecule has 4 heteroatoms. The number of nitrogens with one attached hydrogen (secondary N) is 2. The summed E-state index contributed by atoms with van der Waals surface area (Å²) in [6, 6.07) is 18.5. The van der Waals surface area contributed by atoms with Gasteiger partial charge in [-0.25, -0.2) is 4.98 Å². The highest BCUT2D eigenvalue weighted by Crippen LogP contribution is 2.24. The molecule has 1 aromatic heterocycles. The number of benzene rings is 2. The molecule has 0 fully saturated rings. The average Bonchev–Trinajstić information content (AvgIpc) is 2.48. The van der Waals surface area contributed by atoms with Crippen LogP contribution in [0.2, 0.25) is 0 Å². The Morgan fingerprint density at radius 3 is 2.57 bits per heavy atom. The second-order valence-corrected chi connectivity index (χ2v) is 5.69. The Morgan fingerprint density at radius 2 is 1.71 bits per heavy atom. The molecule has 0 aliphatic rings. The van der Waals surface area contributed by atoms with Gasteiger partial charge in [0.05, 0.1) is 0 Å². The van der Waals surface area contributed by atoms with Gasteiger partial charge in [0.25, 0.3) is 0 Å². The Balaban J connectivity index is 1.87. The first kappa shape index (κ1) is 13.9. The van der Waals surface area contributed by atoms with Crippen LogP contribution in [0.15, 0.2) is 59.1 Å². The number of hydrogen-bond acceptors (Lipinski definition) is 3. The monoisotopic (exact) mass is 341 g/mol. The van der Waals surface area contributed by atoms with Crippen LogP contribution in [0.5, 0.6) is 0 Å². The van der Waals surface area contributed by atoms with Gasteiger partial charge >= 0.3 is 0 Å². The highest BCUT2D eigenvalue weighted by molar-refractivity contribution is 9.10. The normalized spacial score (nSPS) is 10.6. The van der Waals surface area contributed by atoms with E-state index >= 15 is 0 Å². The summed E-state index contributed by atoms with van der Waals surface area (Å²) in [7, 11) is 0. The summed E-state index contributed by atoms with van der Waals surface area (Å²) in [4.78, 5) is 4.52. The van der Waals surface area contributed by atoms with E-state index < -0.39 is 0 Å². The lowest BCUT2D eigenvalue weighted by atomic mass is 10.1. The molecule has 0 aliphatic heterocycles. The van der Waals surface area contributed by atoms with Gasteiger partial charge in [0.1, 0.15) is 11.6 Å². The lowest BCUT2D eigenvalue weighted by Crippen LogP contribution is -2.01. The van der Waals surface area contributed by atoms with E-state index in [1.807, 2.05) is 18.2 Å². The number of halogens is 1. The van der Waals surface area contributed by atoms with Crippen molar-refractivity contribution in [3.05, 3.63) is 59.1 Å². The summed E-state index contributed by atoms with van der Waals surface area (Å²) >= 11 is 3.49. The lowest BCUT2D eigenvalue weighted by molar-refractivity contribution is 1.16. The van der Waals surface area contributed by atoms with Gasteiger partial charge < -0.3 is 10.6 Å². The molecule has 3 rings (SSSR count). The molecular weight excluding hydrogens is 326 g/mol. The summed E-state index contributed by atoms with van der Waals surface area (Å²) in [5.41, 5.74) is 1.03. The van der Waals surface area contributed by atoms with E-state index in [2.05, 4.69) is 74.9 Å². The van der Waals surface area contributed by atoms with Crippen molar-refractivity contribution < 1.29 is 0 Å². The number of hydrogen-bond donors (Lipinski definition) is 2. The zero-order chi connectivity index (χ0) is 14.7. The molecule has 3 nitrogen and oxygen atoms in total. The second kappa shape index (κ2) is 6.14. The number of aromatic nitrogens is 1. The molecule has 2 N–H and O–H groups in total. The maximum atomic E-state index is 4.52. The van der Waals surface area contributed by atoms with Crippen LogP contribution in [0.3, 0.4) is 0 Å². The van der Waals surface area contributed by atoms with Gasteiger partial charge in [0.2, 0.25) is 0 Å². The molecule has 0 saturated carbocycles. The Bertz CT molecular complexity index is 771. The lowest BCUT2D eigenvalue weighted by Gasteiger charge is -2.09. The van der Waals surface area contributed by atoms with Crippen LogP contribution in [0, 0.1) is 0 Å². The molecule has 0 bridgehead atoms. The van der Waals surface area contributed by atoms with Gasteiger partial charge in [0.15, 0.2) is 0 Å². The largest absolute Gasteiger partial charge is 0.370 e. The number of anilines is 3. The van der Waals surface area contributed by atoms with Crippen molar-refractivity contribution in [2.24, 2.45) is 0 Å². The van der Waals surface area contributed by atoms with Crippen molar-refractivity contribution in [1.82, 2.24) is 4.98 Å². The van der Waals surface area contributed by atoms with Gasteiger partial charge in [-0.05, 0) is 54.1 Å². The molecule has 0 atom stereocenters. The summed E-state index contributed by atoms with van der Waals surface area (Å²) in [5.74, 6) is 1.72. The topological polar surface area (TPSA) is 37.0 Å². The van der Waals surface area contributed by atoms with Crippen LogP contribution in [0.4, 0.5) is 17.3 Å². The first-order chi connectivity index (χ1) is 10.2. The molecule has 1 heterocycles. The van der Waals surface area contributed by atoms with Crippen molar-refractivity contribution in [3.63, 3.8) is 0 Å². The summed E-state index contributed by atoms with van der Waals surface area (Å²) in [6.07, 6.45) is 0. The zero-order valence-electron chi connectivity index (χ0n) is 11.7. The number of rotatable bonds is 4. The van der Waals surface area contributed by atoms with Crippen LogP contribution in [0.25, 0.3) is 10.8 Å². The van der Waals surface area contributed by atoms with Crippen molar-refractivity contribution in [2.45, 2.75) is 6.92 Å². The van der Waals surface area contributed by atoms with Crippen LogP contribution in [-0.4, -0.2) is 11.5 Å². The van der Waals surface area contributed by atoms with Gasteiger partial charge in [-0.3, -0.25) is 0 Å². The molecule has 0 saturated heterocycles. The van der Waals surface area contributed by atoms with E-state index in [0.717, 1.165) is 28.3 Å². The van der Waals surface area contributed by atoms with E-state index in [1.54, 1.807) is 0 Å². The fraction of sp³-hybridized carbons (Fsp3) is 0.118. The fourth-order valence-electron chi connectivity index (χ4n) is 2.23. The molecule has 0 radical (unpaired) electrons. The van der Waals surface area contributed by atoms with Crippen molar-refractivity contribution in [1.29, 1.82) is 0 Å². The molecule has 2 aromatic carbocycles. The maximum absolute atomic E-state index is 4.52. The zero-order valence-corrected chi connectivity index (χ0v) is 13.3. The van der Waals surface area contributed by atoms with Crippen molar-refractivity contribution >= 4 is 44.0 Å². The quantitative estimate of drug-likeness (QED) is 0.687. The number of nitrogens with zero attached hydrogens (tertiary/aromatic N) is 1. The van der Waals surface area contributed by atoms with E-state index in [1.165, 1.54) is 10.8 Å². The number of pyridine rings is 1. The third kappa shape index (κ3) is 3.34. The van der Waals surface area contributed by atoms with E-state index in [9.17, 15) is 0 Å². The molecule has 106 valence electrons. The fourth-order valence-corrected chi connectivity index (χ4v) is 2.60. The number of fused-ring (bicyclic) bond motifs is 1. The molecule has 0 spiro atoms. The van der Waals surface area contributed by atoms with Crippen LogP contribution < -0.4 is 10.6 Å². The molecular formula is C17H16BrN3. The first-order valence-electron chi connectivity index (χ1n) is 6.92. The average molecular weight is 342 g/mol. The molecule has 0 aliphatic carbocycles. The molecule has 21 heavy (non-hydrogen) atoms. The SMILES string of the molecule is CCNc1cccc(Nc2ccc3cc(Br)ccc3c2)n1. The third-order valence-electron chi connectivity index (χ3n) is 3.18. The van der Waals surface area contributed by atoms with Crippen molar-refractivity contribution in [3.8, 4) is 0 Å². The Morgan fingerprint density at radius 1 is 0.952 bits per heavy atom. The van der Waals surface area contributed by atoms with Gasteiger partial charge in [-0.1, -0.05) is 34.1 Å². The minimum atomic E-state index is 0.838. The highest BCUT2D eigenvalue weighted by Gasteiger charge is 2.00. The Labute approximate surface area is 132 Å². The second-order valence-electron chi connectivity index (χ2n) is 4.77. The smallest absolute Gasteiger partial charge is 0.132 e. The van der Waals surface area contributed by atoms with Gasteiger partial charge in [-0.2, -0.15) is 0 Å². The maximum Gasteiger partial charge on any atom is 0.132 e. The van der Waals surface area contributed by atoms with Gasteiger partial charge in [0, 0.05) is 16.7 Å². The van der Waals surface area contributed by atoms with Crippen molar-refractivity contribution in [2.75, 3.05) is 17.2 Å². The summed E-state index contributed by atoms with van der Waals surface area (Å²) < 4.78 is 1.09. The Kier molecular flexibility index (Phi) is 4.06. The first-order valence-corrected chi connectivity index (χ1v) is 7.71. The highest BCUT2D eigenvalue weighted by atomic mass is 79.9. The minimum absolute atomic E-state index is 0.838. The van der Waals surface area contributed by atoms with Crippen LogP contribution in [0.1, 0.15) is 6.92 Å². The predicted molar refractivity (Wildman–Crippen MR) is 93.3 cm³/mol. The molecule has 3 aromatic rings. The van der Waals surface area contributed by atoms with Gasteiger partial charge in [-0.15, -0.1) is 0 Å². The predicted octanol–water partition coefficient (Wildman–Crippen LogP) is 5.17. The van der Waals surface area contributed by atoms with E-state index in [0.29, 0.717) is 0 Å². The Hall–Kier alpha value is -2.07. The van der Waals surface area contributed by atoms with Crippen LogP contribution >= 0.6 is 15.9 Å². The molecule has 0 amide bonds.